The summed E-state index contributed by atoms with van der Waals surface area (Å²) in [4.78, 5) is 21.3. The number of benzene rings is 1. The molecule has 1 unspecified atom stereocenters. The van der Waals surface area contributed by atoms with Crippen LogP contribution >= 0.6 is 0 Å². The van der Waals surface area contributed by atoms with E-state index < -0.39 is 16.9 Å². The SMILES string of the molecule is NC(=O)c1ccc(NCC(O)C2CC2)c([N+](=O)[O-])c1. The zero-order valence-electron chi connectivity index (χ0n) is 10.2. The Morgan fingerprint density at radius 2 is 2.26 bits per heavy atom. The van der Waals surface area contributed by atoms with Crippen molar-refractivity contribution in [2.45, 2.75) is 18.9 Å². The van der Waals surface area contributed by atoms with Crippen LogP contribution in [0.15, 0.2) is 18.2 Å². The Balaban J connectivity index is 2.13. The number of nitrogens with two attached hydrogens (primary N) is 1. The molecule has 102 valence electrons. The molecule has 2 rings (SSSR count). The predicted octanol–water partition coefficient (Wildman–Crippen LogP) is 0.877. The standard InChI is InChI=1S/C12H15N3O4/c13-12(17)8-3-4-9(10(5-8)15(18)19)14-6-11(16)7-1-2-7/h3-5,7,11,14,16H,1-2,6H2,(H2,13,17). The van der Waals surface area contributed by atoms with Gasteiger partial charge in [-0.1, -0.05) is 0 Å². The minimum atomic E-state index is -0.715. The number of carbonyl (C=O) groups excluding carboxylic acids is 1. The van der Waals surface area contributed by atoms with Crippen LogP contribution in [0, 0.1) is 16.0 Å². The lowest BCUT2D eigenvalue weighted by atomic mass is 10.1. The highest BCUT2D eigenvalue weighted by molar-refractivity contribution is 5.94. The minimum Gasteiger partial charge on any atom is -0.391 e. The van der Waals surface area contributed by atoms with Crippen LogP contribution in [0.4, 0.5) is 11.4 Å². The summed E-state index contributed by atoms with van der Waals surface area (Å²) in [6.45, 7) is 0.251. The molecule has 1 aromatic carbocycles. The lowest BCUT2D eigenvalue weighted by Crippen LogP contribution is -2.22. The summed E-state index contributed by atoms with van der Waals surface area (Å²) in [6.07, 6.45) is 1.48. The Kier molecular flexibility index (Phi) is 3.66. The molecule has 1 atom stereocenters. The monoisotopic (exact) mass is 265 g/mol. The second-order valence-electron chi connectivity index (χ2n) is 4.64. The highest BCUT2D eigenvalue weighted by Crippen LogP contribution is 2.33. The number of amides is 1. The topological polar surface area (TPSA) is 118 Å². The minimum absolute atomic E-state index is 0.0833. The third kappa shape index (κ3) is 3.19. The van der Waals surface area contributed by atoms with Gasteiger partial charge in [-0.15, -0.1) is 0 Å². The highest BCUT2D eigenvalue weighted by Gasteiger charge is 2.29. The molecular weight excluding hydrogens is 250 g/mol. The maximum absolute atomic E-state index is 11.0. The van der Waals surface area contributed by atoms with Gasteiger partial charge >= 0.3 is 0 Å². The van der Waals surface area contributed by atoms with Crippen molar-refractivity contribution in [3.8, 4) is 0 Å². The largest absolute Gasteiger partial charge is 0.391 e. The van der Waals surface area contributed by atoms with Crippen LogP contribution in [-0.4, -0.2) is 28.6 Å². The van der Waals surface area contributed by atoms with Gasteiger partial charge in [-0.05, 0) is 30.9 Å². The Labute approximate surface area is 109 Å². The fourth-order valence-electron chi connectivity index (χ4n) is 1.85. The van der Waals surface area contributed by atoms with Crippen LogP contribution in [0.2, 0.25) is 0 Å². The lowest BCUT2D eigenvalue weighted by Gasteiger charge is -2.12. The molecule has 0 spiro atoms. The number of nitrogens with zero attached hydrogens (tertiary/aromatic N) is 1. The number of rotatable bonds is 6. The summed E-state index contributed by atoms with van der Waals surface area (Å²) in [5.41, 5.74) is 5.21. The molecule has 1 aromatic rings. The molecule has 7 heteroatoms. The second-order valence-corrected chi connectivity index (χ2v) is 4.64. The third-order valence-corrected chi connectivity index (χ3v) is 3.15. The van der Waals surface area contributed by atoms with Crippen molar-refractivity contribution >= 4 is 17.3 Å². The van der Waals surface area contributed by atoms with Crippen molar-refractivity contribution in [2.24, 2.45) is 11.7 Å². The number of nitro benzene ring substituents is 1. The predicted molar refractivity (Wildman–Crippen MR) is 68.8 cm³/mol. The number of nitrogens with one attached hydrogen (secondary N) is 1. The Bertz CT molecular complexity index is 514. The average molecular weight is 265 g/mol. The number of primary amides is 1. The van der Waals surface area contributed by atoms with Gasteiger partial charge in [0.15, 0.2) is 0 Å². The molecule has 1 aliphatic rings. The summed E-state index contributed by atoms with van der Waals surface area (Å²) >= 11 is 0. The van der Waals surface area contributed by atoms with Crippen molar-refractivity contribution in [3.63, 3.8) is 0 Å². The van der Waals surface area contributed by atoms with Crippen molar-refractivity contribution < 1.29 is 14.8 Å². The van der Waals surface area contributed by atoms with E-state index in [1.54, 1.807) is 0 Å². The van der Waals surface area contributed by atoms with E-state index in [-0.39, 0.29) is 29.4 Å². The normalized spacial score (nSPS) is 15.8. The lowest BCUT2D eigenvalue weighted by molar-refractivity contribution is -0.384. The van der Waals surface area contributed by atoms with E-state index in [1.165, 1.54) is 12.1 Å². The zero-order chi connectivity index (χ0) is 14.0. The van der Waals surface area contributed by atoms with Gasteiger partial charge in [0.1, 0.15) is 5.69 Å². The maximum Gasteiger partial charge on any atom is 0.293 e. The van der Waals surface area contributed by atoms with Crippen LogP contribution < -0.4 is 11.1 Å². The smallest absolute Gasteiger partial charge is 0.293 e. The molecule has 0 bridgehead atoms. The van der Waals surface area contributed by atoms with Gasteiger partial charge in [-0.2, -0.15) is 0 Å². The van der Waals surface area contributed by atoms with Gasteiger partial charge in [0.05, 0.1) is 11.0 Å². The van der Waals surface area contributed by atoms with Crippen LogP contribution in [0.1, 0.15) is 23.2 Å². The summed E-state index contributed by atoms with van der Waals surface area (Å²) in [6, 6.07) is 3.98. The molecule has 19 heavy (non-hydrogen) atoms. The first kappa shape index (κ1) is 13.3. The number of carbonyl (C=O) groups is 1. The van der Waals surface area contributed by atoms with Crippen molar-refractivity contribution in [1.29, 1.82) is 0 Å². The van der Waals surface area contributed by atoms with Crippen molar-refractivity contribution in [1.82, 2.24) is 0 Å². The number of hydrogen-bond acceptors (Lipinski definition) is 5. The summed E-state index contributed by atoms with van der Waals surface area (Å²) < 4.78 is 0. The molecule has 4 N–H and O–H groups in total. The van der Waals surface area contributed by atoms with Crippen LogP contribution in [0.25, 0.3) is 0 Å². The number of hydrogen-bond donors (Lipinski definition) is 3. The fraction of sp³-hybridized carbons (Fsp3) is 0.417. The van der Waals surface area contributed by atoms with E-state index in [9.17, 15) is 20.0 Å². The molecule has 1 amide bonds. The van der Waals surface area contributed by atoms with E-state index in [2.05, 4.69) is 5.32 Å². The number of anilines is 1. The van der Waals surface area contributed by atoms with Crippen LogP contribution in [0.5, 0.6) is 0 Å². The molecule has 1 saturated carbocycles. The average Bonchev–Trinajstić information content (AvgIpc) is 3.19. The Hall–Kier alpha value is -2.15. The van der Waals surface area contributed by atoms with E-state index in [4.69, 9.17) is 5.73 Å². The van der Waals surface area contributed by atoms with E-state index in [0.717, 1.165) is 18.9 Å². The van der Waals surface area contributed by atoms with Gasteiger partial charge in [0.2, 0.25) is 5.91 Å². The molecule has 0 heterocycles. The van der Waals surface area contributed by atoms with Gasteiger partial charge in [0, 0.05) is 18.2 Å². The molecule has 1 aliphatic carbocycles. The first-order chi connectivity index (χ1) is 8.99. The molecule has 1 fully saturated rings. The van der Waals surface area contributed by atoms with Gasteiger partial charge < -0.3 is 16.2 Å². The Morgan fingerprint density at radius 1 is 1.58 bits per heavy atom. The second kappa shape index (κ2) is 5.23. The Morgan fingerprint density at radius 3 is 2.79 bits per heavy atom. The summed E-state index contributed by atoms with van der Waals surface area (Å²) in [5.74, 6) is -0.427. The molecule has 0 saturated heterocycles. The number of aliphatic hydroxyl groups excluding tert-OH is 1. The fourth-order valence-corrected chi connectivity index (χ4v) is 1.85. The first-order valence-electron chi connectivity index (χ1n) is 5.99. The zero-order valence-corrected chi connectivity index (χ0v) is 10.2. The maximum atomic E-state index is 11.0. The van der Waals surface area contributed by atoms with E-state index in [1.807, 2.05) is 0 Å². The number of nitro groups is 1. The van der Waals surface area contributed by atoms with Crippen LogP contribution in [-0.2, 0) is 0 Å². The van der Waals surface area contributed by atoms with E-state index in [0.29, 0.717) is 0 Å². The van der Waals surface area contributed by atoms with Gasteiger partial charge in [-0.25, -0.2) is 0 Å². The van der Waals surface area contributed by atoms with Gasteiger partial charge in [0.25, 0.3) is 5.69 Å². The molecule has 7 nitrogen and oxygen atoms in total. The third-order valence-electron chi connectivity index (χ3n) is 3.15. The van der Waals surface area contributed by atoms with Crippen LogP contribution in [0.3, 0.4) is 0 Å². The van der Waals surface area contributed by atoms with Crippen molar-refractivity contribution in [3.05, 3.63) is 33.9 Å². The van der Waals surface area contributed by atoms with E-state index >= 15 is 0 Å². The van der Waals surface area contributed by atoms with Gasteiger partial charge in [-0.3, -0.25) is 14.9 Å². The highest BCUT2D eigenvalue weighted by atomic mass is 16.6. The number of aliphatic hydroxyl groups is 1. The quantitative estimate of drug-likeness (QED) is 0.521. The molecule has 0 aromatic heterocycles. The summed E-state index contributed by atoms with van der Waals surface area (Å²) in [5, 5.41) is 23.5. The molecular formula is C12H15N3O4. The molecule has 0 radical (unpaired) electrons. The first-order valence-corrected chi connectivity index (χ1v) is 5.99. The van der Waals surface area contributed by atoms with Crippen molar-refractivity contribution in [2.75, 3.05) is 11.9 Å². The summed E-state index contributed by atoms with van der Waals surface area (Å²) in [7, 11) is 0. The molecule has 0 aliphatic heterocycles.